The van der Waals surface area contributed by atoms with Gasteiger partial charge in [0.2, 0.25) is 0 Å². The topological polar surface area (TPSA) is 60.2 Å². The van der Waals surface area contributed by atoms with Crippen LogP contribution in [0.4, 0.5) is 4.39 Å². The van der Waals surface area contributed by atoms with Gasteiger partial charge < -0.3 is 5.73 Å². The third kappa shape index (κ3) is 3.04. The largest absolute Gasteiger partial charge is 0.323 e. The molecule has 1 rings (SSSR count). The highest BCUT2D eigenvalue weighted by molar-refractivity contribution is 7.92. The van der Waals surface area contributed by atoms with E-state index in [9.17, 15) is 12.8 Å². The minimum Gasteiger partial charge on any atom is -0.323 e. The molecule has 0 spiro atoms. The standard InChI is InChI=1S/C12H18FNO2S/c1-3-11(17(15,16)4-2)12(14)9-7-5-6-8-10(9)13/h5-8,11-12H,3-4,14H2,1-2H3/t11-,12+/m0/s1. The summed E-state index contributed by atoms with van der Waals surface area (Å²) >= 11 is 0. The average molecular weight is 259 g/mol. The van der Waals surface area contributed by atoms with Crippen molar-refractivity contribution in [3.05, 3.63) is 35.6 Å². The molecule has 5 heteroatoms. The highest BCUT2D eigenvalue weighted by Crippen LogP contribution is 2.24. The third-order valence-corrected chi connectivity index (χ3v) is 5.28. The van der Waals surface area contributed by atoms with Crippen molar-refractivity contribution in [3.8, 4) is 0 Å². The van der Waals surface area contributed by atoms with Gasteiger partial charge in [-0.25, -0.2) is 12.8 Å². The average Bonchev–Trinajstić information content (AvgIpc) is 2.30. The van der Waals surface area contributed by atoms with Gasteiger partial charge in [-0.3, -0.25) is 0 Å². The second-order valence-electron chi connectivity index (χ2n) is 3.95. The molecule has 0 bridgehead atoms. The van der Waals surface area contributed by atoms with Crippen molar-refractivity contribution in [2.24, 2.45) is 5.73 Å². The number of hydrogen-bond acceptors (Lipinski definition) is 3. The summed E-state index contributed by atoms with van der Waals surface area (Å²) in [6.45, 7) is 3.32. The molecule has 0 aliphatic carbocycles. The second kappa shape index (κ2) is 5.60. The van der Waals surface area contributed by atoms with E-state index in [1.165, 1.54) is 12.1 Å². The Labute approximate surface area is 102 Å². The molecule has 2 N–H and O–H groups in total. The van der Waals surface area contributed by atoms with Gasteiger partial charge in [0.05, 0.1) is 5.25 Å². The summed E-state index contributed by atoms with van der Waals surface area (Å²) in [4.78, 5) is 0. The van der Waals surface area contributed by atoms with Gasteiger partial charge in [0, 0.05) is 17.4 Å². The molecule has 0 heterocycles. The van der Waals surface area contributed by atoms with E-state index in [1.54, 1.807) is 26.0 Å². The number of nitrogens with two attached hydrogens (primary N) is 1. The van der Waals surface area contributed by atoms with Crippen molar-refractivity contribution in [3.63, 3.8) is 0 Å². The molecular formula is C12H18FNO2S. The summed E-state index contributed by atoms with van der Waals surface area (Å²) in [6, 6.07) is 5.23. The second-order valence-corrected chi connectivity index (χ2v) is 6.45. The fraction of sp³-hybridized carbons (Fsp3) is 0.500. The summed E-state index contributed by atoms with van der Waals surface area (Å²) in [5.41, 5.74) is 6.15. The molecule has 0 fully saturated rings. The molecule has 3 nitrogen and oxygen atoms in total. The zero-order valence-corrected chi connectivity index (χ0v) is 10.9. The Bertz CT molecular complexity index is 473. The minimum atomic E-state index is -3.27. The summed E-state index contributed by atoms with van der Waals surface area (Å²) in [6.07, 6.45) is 0.381. The van der Waals surface area contributed by atoms with Crippen LogP contribution in [0.2, 0.25) is 0 Å². The molecule has 0 aromatic heterocycles. The normalized spacial score (nSPS) is 15.5. The number of hydrogen-bond donors (Lipinski definition) is 1. The van der Waals surface area contributed by atoms with E-state index in [2.05, 4.69) is 0 Å². The van der Waals surface area contributed by atoms with Gasteiger partial charge in [-0.05, 0) is 12.5 Å². The van der Waals surface area contributed by atoms with Crippen LogP contribution in [0.25, 0.3) is 0 Å². The molecular weight excluding hydrogens is 241 g/mol. The lowest BCUT2D eigenvalue weighted by Crippen LogP contribution is -2.34. The van der Waals surface area contributed by atoms with Crippen molar-refractivity contribution >= 4 is 9.84 Å². The van der Waals surface area contributed by atoms with Crippen LogP contribution < -0.4 is 5.73 Å². The zero-order chi connectivity index (χ0) is 13.1. The molecule has 2 atom stereocenters. The van der Waals surface area contributed by atoms with Crippen LogP contribution in [0.1, 0.15) is 31.9 Å². The van der Waals surface area contributed by atoms with Crippen LogP contribution in [-0.4, -0.2) is 19.4 Å². The number of rotatable bonds is 5. The van der Waals surface area contributed by atoms with Crippen molar-refractivity contribution in [1.29, 1.82) is 0 Å². The highest BCUT2D eigenvalue weighted by atomic mass is 32.2. The fourth-order valence-electron chi connectivity index (χ4n) is 1.89. The number of benzene rings is 1. The summed E-state index contributed by atoms with van der Waals surface area (Å²) in [5.74, 6) is -0.432. The first kappa shape index (κ1) is 14.1. The quantitative estimate of drug-likeness (QED) is 0.880. The molecule has 0 aliphatic heterocycles. The first-order valence-corrected chi connectivity index (χ1v) is 7.37. The zero-order valence-electron chi connectivity index (χ0n) is 10.1. The van der Waals surface area contributed by atoms with Gasteiger partial charge in [0.25, 0.3) is 0 Å². The van der Waals surface area contributed by atoms with E-state index in [1.807, 2.05) is 0 Å². The van der Waals surface area contributed by atoms with Gasteiger partial charge in [-0.1, -0.05) is 32.0 Å². The molecule has 0 unspecified atom stereocenters. The van der Waals surface area contributed by atoms with Crippen molar-refractivity contribution in [1.82, 2.24) is 0 Å². The van der Waals surface area contributed by atoms with E-state index in [0.29, 0.717) is 6.42 Å². The third-order valence-electron chi connectivity index (χ3n) is 2.93. The maximum atomic E-state index is 13.6. The predicted octanol–water partition coefficient (Wildman–Crippen LogP) is 2.04. The SMILES string of the molecule is CC[C@@H]([C@H](N)c1ccccc1F)S(=O)(=O)CC. The molecule has 1 aromatic rings. The summed E-state index contributed by atoms with van der Waals surface area (Å²) in [5, 5.41) is -0.732. The van der Waals surface area contributed by atoms with Gasteiger partial charge in [0.15, 0.2) is 9.84 Å². The van der Waals surface area contributed by atoms with Gasteiger partial charge in [0.1, 0.15) is 5.82 Å². The van der Waals surface area contributed by atoms with Crippen LogP contribution in [0, 0.1) is 5.82 Å². The van der Waals surface area contributed by atoms with Crippen molar-refractivity contribution in [2.45, 2.75) is 31.6 Å². The van der Waals surface area contributed by atoms with Crippen molar-refractivity contribution in [2.75, 3.05) is 5.75 Å². The van der Waals surface area contributed by atoms with Gasteiger partial charge in [-0.15, -0.1) is 0 Å². The smallest absolute Gasteiger partial charge is 0.154 e. The van der Waals surface area contributed by atoms with E-state index >= 15 is 0 Å². The van der Waals surface area contributed by atoms with Crippen molar-refractivity contribution < 1.29 is 12.8 Å². The molecule has 1 aromatic carbocycles. The maximum Gasteiger partial charge on any atom is 0.154 e. The Kier molecular flexibility index (Phi) is 4.65. The van der Waals surface area contributed by atoms with Crippen LogP contribution >= 0.6 is 0 Å². The fourth-order valence-corrected chi connectivity index (χ4v) is 3.42. The summed E-state index contributed by atoms with van der Waals surface area (Å²) < 4.78 is 37.3. The van der Waals surface area contributed by atoms with E-state index < -0.39 is 26.9 Å². The minimum absolute atomic E-state index is 0.0215. The van der Waals surface area contributed by atoms with Gasteiger partial charge in [-0.2, -0.15) is 0 Å². The molecule has 17 heavy (non-hydrogen) atoms. The van der Waals surface area contributed by atoms with Crippen LogP contribution in [-0.2, 0) is 9.84 Å². The van der Waals surface area contributed by atoms with E-state index in [-0.39, 0.29) is 11.3 Å². The predicted molar refractivity (Wildman–Crippen MR) is 66.9 cm³/mol. The summed E-state index contributed by atoms with van der Waals surface area (Å²) in [7, 11) is -3.27. The Hall–Kier alpha value is -0.940. The monoisotopic (exact) mass is 259 g/mol. The molecule has 0 aliphatic rings. The van der Waals surface area contributed by atoms with Crippen LogP contribution in [0.5, 0.6) is 0 Å². The lowest BCUT2D eigenvalue weighted by atomic mass is 10.0. The van der Waals surface area contributed by atoms with E-state index in [4.69, 9.17) is 5.73 Å². The Morgan fingerprint density at radius 3 is 2.35 bits per heavy atom. The first-order chi connectivity index (χ1) is 7.94. The molecule has 0 saturated carbocycles. The van der Waals surface area contributed by atoms with Crippen LogP contribution in [0.15, 0.2) is 24.3 Å². The van der Waals surface area contributed by atoms with E-state index in [0.717, 1.165) is 0 Å². The number of sulfone groups is 1. The molecule has 0 saturated heterocycles. The molecule has 0 amide bonds. The molecule has 0 radical (unpaired) electrons. The molecule has 96 valence electrons. The lowest BCUT2D eigenvalue weighted by molar-refractivity contribution is 0.529. The highest BCUT2D eigenvalue weighted by Gasteiger charge is 2.30. The maximum absolute atomic E-state index is 13.6. The Morgan fingerprint density at radius 2 is 1.88 bits per heavy atom. The van der Waals surface area contributed by atoms with Crippen LogP contribution in [0.3, 0.4) is 0 Å². The van der Waals surface area contributed by atoms with Gasteiger partial charge >= 0.3 is 0 Å². The first-order valence-electron chi connectivity index (χ1n) is 5.65. The number of halogens is 1. The lowest BCUT2D eigenvalue weighted by Gasteiger charge is -2.22. The Balaban J connectivity index is 3.11. The Morgan fingerprint density at radius 1 is 1.29 bits per heavy atom.